The molecule has 0 aliphatic carbocycles. The Morgan fingerprint density at radius 2 is 1.91 bits per heavy atom. The van der Waals surface area contributed by atoms with Crippen LogP contribution in [0.3, 0.4) is 0 Å². The first-order chi connectivity index (χ1) is 10.7. The monoisotopic (exact) mass is 333 g/mol. The van der Waals surface area contributed by atoms with Crippen LogP contribution in [0.5, 0.6) is 0 Å². The van der Waals surface area contributed by atoms with Crippen LogP contribution in [0.4, 0.5) is 4.39 Å². The quantitative estimate of drug-likeness (QED) is 0.640. The second kappa shape index (κ2) is 6.50. The fraction of sp³-hybridized carbons (Fsp3) is 0.125. The molecule has 0 aliphatic rings. The molecule has 0 bridgehead atoms. The number of benzene rings is 2. The molecule has 1 heterocycles. The minimum Gasteiger partial charge on any atom is -0.270 e. The van der Waals surface area contributed by atoms with E-state index >= 15 is 0 Å². The van der Waals surface area contributed by atoms with Crippen LogP contribution >= 0.6 is 23.4 Å². The topological polar surface area (TPSA) is 30.7 Å². The number of thioether (sulfide) groups is 1. The third kappa shape index (κ3) is 3.00. The Bertz CT molecular complexity index is 786. The normalized spacial score (nSPS) is 10.9. The average molecular weight is 334 g/mol. The molecule has 0 radical (unpaired) electrons. The zero-order chi connectivity index (χ0) is 15.5. The summed E-state index contributed by atoms with van der Waals surface area (Å²) in [5.41, 5.74) is 1.58. The van der Waals surface area contributed by atoms with Crippen LogP contribution in [0.15, 0.2) is 53.7 Å². The van der Waals surface area contributed by atoms with E-state index in [0.29, 0.717) is 16.4 Å². The molecule has 1 aromatic heterocycles. The predicted molar refractivity (Wildman–Crippen MR) is 88.2 cm³/mol. The van der Waals surface area contributed by atoms with Crippen molar-refractivity contribution in [3.63, 3.8) is 0 Å². The standard InChI is InChI=1S/C16H13ClFN3S/c1-2-22-16-20-19-15(11-4-3-5-13(18)10-11)21(16)14-8-6-12(17)7-9-14/h3-10H,2H2,1H3. The smallest absolute Gasteiger partial charge is 0.196 e. The number of halogens is 2. The summed E-state index contributed by atoms with van der Waals surface area (Å²) in [6, 6.07) is 13.8. The van der Waals surface area contributed by atoms with Gasteiger partial charge in [0, 0.05) is 16.3 Å². The van der Waals surface area contributed by atoms with Crippen LogP contribution in [0.2, 0.25) is 5.02 Å². The van der Waals surface area contributed by atoms with Gasteiger partial charge in [0.25, 0.3) is 0 Å². The summed E-state index contributed by atoms with van der Waals surface area (Å²) in [4.78, 5) is 0. The van der Waals surface area contributed by atoms with Crippen molar-refractivity contribution in [1.82, 2.24) is 14.8 Å². The molecular weight excluding hydrogens is 321 g/mol. The maximum atomic E-state index is 13.5. The maximum Gasteiger partial charge on any atom is 0.196 e. The average Bonchev–Trinajstić information content (AvgIpc) is 2.92. The van der Waals surface area contributed by atoms with Crippen LogP contribution in [0.1, 0.15) is 6.92 Å². The lowest BCUT2D eigenvalue weighted by Crippen LogP contribution is -1.99. The van der Waals surface area contributed by atoms with Crippen molar-refractivity contribution >= 4 is 23.4 Å². The van der Waals surface area contributed by atoms with E-state index in [4.69, 9.17) is 11.6 Å². The highest BCUT2D eigenvalue weighted by Gasteiger charge is 2.16. The van der Waals surface area contributed by atoms with E-state index in [2.05, 4.69) is 10.2 Å². The lowest BCUT2D eigenvalue weighted by molar-refractivity contribution is 0.628. The SMILES string of the molecule is CCSc1nnc(-c2cccc(F)c2)n1-c1ccc(Cl)cc1. The number of nitrogens with zero attached hydrogens (tertiary/aromatic N) is 3. The van der Waals surface area contributed by atoms with Gasteiger partial charge in [-0.3, -0.25) is 4.57 Å². The van der Waals surface area contributed by atoms with Gasteiger partial charge in [0.2, 0.25) is 0 Å². The zero-order valence-corrected chi connectivity index (χ0v) is 13.4. The Balaban J connectivity index is 2.17. The first kappa shape index (κ1) is 15.1. The minimum atomic E-state index is -0.298. The third-order valence-electron chi connectivity index (χ3n) is 3.07. The molecule has 0 saturated heterocycles. The highest BCUT2D eigenvalue weighted by atomic mass is 35.5. The van der Waals surface area contributed by atoms with Crippen LogP contribution < -0.4 is 0 Å². The zero-order valence-electron chi connectivity index (χ0n) is 11.8. The van der Waals surface area contributed by atoms with Crippen molar-refractivity contribution < 1.29 is 4.39 Å². The molecule has 112 valence electrons. The molecule has 0 aliphatic heterocycles. The summed E-state index contributed by atoms with van der Waals surface area (Å²) in [6.07, 6.45) is 0. The van der Waals surface area contributed by atoms with Gasteiger partial charge in [-0.1, -0.05) is 42.4 Å². The van der Waals surface area contributed by atoms with Gasteiger partial charge in [0.1, 0.15) is 5.82 Å². The maximum absolute atomic E-state index is 13.5. The molecule has 6 heteroatoms. The van der Waals surface area contributed by atoms with Gasteiger partial charge in [-0.2, -0.15) is 0 Å². The second-order valence-corrected chi connectivity index (χ2v) is 6.23. The van der Waals surface area contributed by atoms with Crippen molar-refractivity contribution in [1.29, 1.82) is 0 Å². The van der Waals surface area contributed by atoms with E-state index in [0.717, 1.165) is 16.6 Å². The van der Waals surface area contributed by atoms with Crippen LogP contribution in [0.25, 0.3) is 17.1 Å². The van der Waals surface area contributed by atoms with Crippen LogP contribution in [-0.2, 0) is 0 Å². The molecule has 0 amide bonds. The number of hydrogen-bond donors (Lipinski definition) is 0. The Morgan fingerprint density at radius 3 is 2.59 bits per heavy atom. The molecule has 0 fully saturated rings. The first-order valence-corrected chi connectivity index (χ1v) is 8.15. The van der Waals surface area contributed by atoms with Gasteiger partial charge < -0.3 is 0 Å². The molecule has 3 rings (SSSR count). The van der Waals surface area contributed by atoms with Gasteiger partial charge >= 0.3 is 0 Å². The summed E-state index contributed by atoms with van der Waals surface area (Å²) in [5, 5.41) is 9.90. The summed E-state index contributed by atoms with van der Waals surface area (Å²) in [7, 11) is 0. The Hall–Kier alpha value is -1.85. The van der Waals surface area contributed by atoms with Gasteiger partial charge in [-0.15, -0.1) is 10.2 Å². The molecular formula is C16H13ClFN3S. The van der Waals surface area contributed by atoms with E-state index in [1.807, 2.05) is 41.8 Å². The number of rotatable bonds is 4. The van der Waals surface area contributed by atoms with E-state index < -0.39 is 0 Å². The lowest BCUT2D eigenvalue weighted by atomic mass is 10.2. The molecule has 0 spiro atoms. The highest BCUT2D eigenvalue weighted by molar-refractivity contribution is 7.99. The fourth-order valence-corrected chi connectivity index (χ4v) is 2.93. The van der Waals surface area contributed by atoms with Gasteiger partial charge in [-0.05, 0) is 42.2 Å². The number of aromatic nitrogens is 3. The van der Waals surface area contributed by atoms with E-state index in [9.17, 15) is 4.39 Å². The molecule has 0 unspecified atom stereocenters. The summed E-state index contributed by atoms with van der Waals surface area (Å²) < 4.78 is 15.4. The van der Waals surface area contributed by atoms with E-state index in [1.54, 1.807) is 17.8 Å². The Labute approximate surface area is 137 Å². The molecule has 0 atom stereocenters. The Kier molecular flexibility index (Phi) is 4.45. The first-order valence-electron chi connectivity index (χ1n) is 6.79. The van der Waals surface area contributed by atoms with Crippen LogP contribution in [0, 0.1) is 5.82 Å². The molecule has 3 nitrogen and oxygen atoms in total. The van der Waals surface area contributed by atoms with Crippen molar-refractivity contribution in [2.75, 3.05) is 5.75 Å². The van der Waals surface area contributed by atoms with Crippen LogP contribution in [-0.4, -0.2) is 20.5 Å². The highest BCUT2D eigenvalue weighted by Crippen LogP contribution is 2.28. The van der Waals surface area contributed by atoms with Gasteiger partial charge in [-0.25, -0.2) is 4.39 Å². The van der Waals surface area contributed by atoms with Crippen molar-refractivity contribution in [3.05, 3.63) is 59.4 Å². The lowest BCUT2D eigenvalue weighted by Gasteiger charge is -2.10. The van der Waals surface area contributed by atoms with Crippen molar-refractivity contribution in [3.8, 4) is 17.1 Å². The molecule has 22 heavy (non-hydrogen) atoms. The predicted octanol–water partition coefficient (Wildman–Crippen LogP) is 4.84. The van der Waals surface area contributed by atoms with Crippen molar-refractivity contribution in [2.45, 2.75) is 12.1 Å². The minimum absolute atomic E-state index is 0.298. The largest absolute Gasteiger partial charge is 0.270 e. The van der Waals surface area contributed by atoms with E-state index in [-0.39, 0.29) is 5.82 Å². The number of hydrogen-bond acceptors (Lipinski definition) is 3. The van der Waals surface area contributed by atoms with Crippen molar-refractivity contribution in [2.24, 2.45) is 0 Å². The van der Waals surface area contributed by atoms with E-state index in [1.165, 1.54) is 12.1 Å². The summed E-state index contributed by atoms with van der Waals surface area (Å²) >= 11 is 7.54. The summed E-state index contributed by atoms with van der Waals surface area (Å²) in [6.45, 7) is 2.05. The molecule has 3 aromatic rings. The fourth-order valence-electron chi connectivity index (χ4n) is 2.13. The molecule has 0 N–H and O–H groups in total. The van der Waals surface area contributed by atoms with Gasteiger partial charge in [0.05, 0.1) is 0 Å². The second-order valence-electron chi connectivity index (χ2n) is 4.56. The molecule has 2 aromatic carbocycles. The third-order valence-corrected chi connectivity index (χ3v) is 4.14. The summed E-state index contributed by atoms with van der Waals surface area (Å²) in [5.74, 6) is 1.18. The van der Waals surface area contributed by atoms with Gasteiger partial charge in [0.15, 0.2) is 11.0 Å². The molecule has 0 saturated carbocycles. The Morgan fingerprint density at radius 1 is 1.14 bits per heavy atom.